The monoisotopic (exact) mass is 242 g/mol. The zero-order valence-corrected chi connectivity index (χ0v) is 10.2. The molecular weight excluding hydrogens is 228 g/mol. The second-order valence-electron chi connectivity index (χ2n) is 2.58. The van der Waals surface area contributed by atoms with Crippen molar-refractivity contribution in [1.29, 1.82) is 0 Å². The number of hydrogen-bond acceptors (Lipinski definition) is 4. The van der Waals surface area contributed by atoms with Gasteiger partial charge in [0, 0.05) is 11.8 Å². The molecule has 1 aromatic heterocycles. The van der Waals surface area contributed by atoms with Crippen LogP contribution in [0.5, 0.6) is 0 Å². The van der Waals surface area contributed by atoms with Gasteiger partial charge >= 0.3 is 0 Å². The molecule has 0 bridgehead atoms. The Bertz CT molecular complexity index is 314. The molecule has 0 spiro atoms. The summed E-state index contributed by atoms with van der Waals surface area (Å²) < 4.78 is 0. The van der Waals surface area contributed by atoms with Crippen LogP contribution in [0.3, 0.4) is 0 Å². The summed E-state index contributed by atoms with van der Waals surface area (Å²) in [5, 5.41) is 0.941. The summed E-state index contributed by atoms with van der Waals surface area (Å²) in [7, 11) is 1.35. The fourth-order valence-corrected chi connectivity index (χ4v) is 1.15. The van der Waals surface area contributed by atoms with E-state index in [9.17, 15) is 4.79 Å². The first-order valence-electron chi connectivity index (χ1n) is 4.31. The van der Waals surface area contributed by atoms with E-state index >= 15 is 0 Å². The van der Waals surface area contributed by atoms with Crippen molar-refractivity contribution in [2.75, 3.05) is 0 Å². The molecule has 0 saturated carbocycles. The third kappa shape index (κ3) is 7.04. The number of hydrogen-bond donors (Lipinski definition) is 2. The molecule has 0 aliphatic heterocycles. The van der Waals surface area contributed by atoms with E-state index in [-0.39, 0.29) is 0 Å². The van der Waals surface area contributed by atoms with Crippen molar-refractivity contribution in [2.24, 2.45) is 5.73 Å². The Balaban J connectivity index is 0.000000265. The fraction of sp³-hybridized carbons (Fsp3) is 0.200. The second kappa shape index (κ2) is 8.38. The third-order valence-corrected chi connectivity index (χ3v) is 2.50. The molecule has 0 aliphatic rings. The van der Waals surface area contributed by atoms with E-state index < -0.39 is 5.91 Å². The fourth-order valence-electron chi connectivity index (χ4n) is 0.575. The first kappa shape index (κ1) is 14.1. The van der Waals surface area contributed by atoms with Crippen LogP contribution in [0.25, 0.3) is 0 Å². The van der Waals surface area contributed by atoms with Gasteiger partial charge in [-0.05, 0) is 29.3 Å². The Morgan fingerprint density at radius 3 is 2.53 bits per heavy atom. The molecular formula is C10H14N2OS2. The van der Waals surface area contributed by atoms with Gasteiger partial charge in [0.15, 0.2) is 0 Å². The predicted molar refractivity (Wildman–Crippen MR) is 67.7 cm³/mol. The van der Waals surface area contributed by atoms with Crippen LogP contribution in [-0.2, 0) is 4.79 Å². The van der Waals surface area contributed by atoms with Crippen LogP contribution in [0.15, 0.2) is 41.6 Å². The largest absolute Gasteiger partial charge is 0.366 e. The molecule has 2 N–H and O–H groups in total. The number of aromatic nitrogens is 1. The van der Waals surface area contributed by atoms with Gasteiger partial charge in [0.1, 0.15) is 5.03 Å². The topological polar surface area (TPSA) is 56.0 Å². The van der Waals surface area contributed by atoms with E-state index in [1.807, 2.05) is 25.1 Å². The molecule has 1 rings (SSSR count). The molecule has 82 valence electrons. The van der Waals surface area contributed by atoms with Crippen LogP contribution in [-0.4, -0.2) is 10.9 Å². The van der Waals surface area contributed by atoms with E-state index in [0.717, 1.165) is 5.03 Å². The Kier molecular flexibility index (Phi) is 7.85. The average molecular weight is 242 g/mol. The minimum absolute atomic E-state index is 0.400. The number of thiol groups is 1. The number of amides is 1. The summed E-state index contributed by atoms with van der Waals surface area (Å²) in [6, 6.07) is 5.73. The zero-order valence-electron chi connectivity index (χ0n) is 8.51. The lowest BCUT2D eigenvalue weighted by Gasteiger charge is -1.89. The number of carbonyl (C=O) groups excluding carboxylic acids is 1. The molecule has 15 heavy (non-hydrogen) atoms. The second-order valence-corrected chi connectivity index (χ2v) is 3.73. The van der Waals surface area contributed by atoms with Gasteiger partial charge in [-0.25, -0.2) is 4.98 Å². The van der Waals surface area contributed by atoms with Crippen LogP contribution < -0.4 is 5.73 Å². The quantitative estimate of drug-likeness (QED) is 0.486. The van der Waals surface area contributed by atoms with Crippen LogP contribution in [0.1, 0.15) is 13.3 Å². The minimum Gasteiger partial charge on any atom is -0.366 e. The Morgan fingerprint density at radius 1 is 1.67 bits per heavy atom. The van der Waals surface area contributed by atoms with Crippen LogP contribution in [0.4, 0.5) is 0 Å². The molecule has 3 nitrogen and oxygen atoms in total. The van der Waals surface area contributed by atoms with Gasteiger partial charge in [-0.1, -0.05) is 19.6 Å². The third-order valence-electron chi connectivity index (χ3n) is 1.51. The maximum atomic E-state index is 10.1. The molecule has 0 atom stereocenters. The normalized spacial score (nSPS) is 8.67. The molecule has 0 saturated heterocycles. The van der Waals surface area contributed by atoms with Crippen LogP contribution in [0.2, 0.25) is 0 Å². The zero-order chi connectivity index (χ0) is 11.7. The first-order valence-corrected chi connectivity index (χ1v) is 6.18. The van der Waals surface area contributed by atoms with E-state index in [0.29, 0.717) is 12.0 Å². The summed E-state index contributed by atoms with van der Waals surface area (Å²) in [4.78, 5) is 14.0. The molecule has 0 radical (unpaired) electrons. The van der Waals surface area contributed by atoms with Crippen LogP contribution >= 0.6 is 22.5 Å². The van der Waals surface area contributed by atoms with Crippen molar-refractivity contribution in [1.82, 2.24) is 4.98 Å². The predicted octanol–water partition coefficient (Wildman–Crippen LogP) is 2.46. The highest BCUT2D eigenvalue weighted by Crippen LogP contribution is 2.16. The van der Waals surface area contributed by atoms with Gasteiger partial charge in [0.05, 0.1) is 0 Å². The van der Waals surface area contributed by atoms with Crippen molar-refractivity contribution in [2.45, 2.75) is 18.4 Å². The SMILES string of the molecule is C=C(CC)C(N)=O.SSc1ccccn1. The summed E-state index contributed by atoms with van der Waals surface area (Å²) in [6.07, 6.45) is 2.40. The van der Waals surface area contributed by atoms with E-state index in [1.54, 1.807) is 6.20 Å². The van der Waals surface area contributed by atoms with Gasteiger partial charge in [-0.3, -0.25) is 4.79 Å². The highest BCUT2D eigenvalue weighted by Gasteiger charge is 1.93. The number of pyridine rings is 1. The molecule has 0 unspecified atom stereocenters. The standard InChI is InChI=1S/C5H9NO.C5H5NS2/c1-3-4(2)5(6)7;7-8-5-3-1-2-4-6-5/h2-3H2,1H3,(H2,6,7);1-4,7H. The maximum Gasteiger partial charge on any atom is 0.244 e. The summed E-state index contributed by atoms with van der Waals surface area (Å²) in [5.74, 6) is -0.400. The lowest BCUT2D eigenvalue weighted by atomic mass is 10.2. The molecule has 0 fully saturated rings. The summed E-state index contributed by atoms with van der Waals surface area (Å²) in [6.45, 7) is 5.24. The lowest BCUT2D eigenvalue weighted by Crippen LogP contribution is -2.11. The van der Waals surface area contributed by atoms with Gasteiger partial charge in [-0.15, -0.1) is 11.7 Å². The van der Waals surface area contributed by atoms with Crippen molar-refractivity contribution in [3.63, 3.8) is 0 Å². The molecule has 1 heterocycles. The molecule has 5 heteroatoms. The van der Waals surface area contributed by atoms with Crippen LogP contribution in [0, 0.1) is 0 Å². The van der Waals surface area contributed by atoms with Crippen molar-refractivity contribution in [3.05, 3.63) is 36.5 Å². The molecule has 0 aliphatic carbocycles. The molecule has 0 aromatic carbocycles. The highest BCUT2D eigenvalue weighted by molar-refractivity contribution is 8.68. The lowest BCUT2D eigenvalue weighted by molar-refractivity contribution is -0.114. The van der Waals surface area contributed by atoms with Gasteiger partial charge in [0.2, 0.25) is 5.91 Å². The Labute approximate surface area is 99.0 Å². The number of rotatable bonds is 3. The van der Waals surface area contributed by atoms with Crippen molar-refractivity contribution >= 4 is 28.4 Å². The smallest absolute Gasteiger partial charge is 0.244 e. The minimum atomic E-state index is -0.400. The highest BCUT2D eigenvalue weighted by atomic mass is 33.1. The number of nitrogens with zero attached hydrogens (tertiary/aromatic N) is 1. The van der Waals surface area contributed by atoms with E-state index in [2.05, 4.69) is 23.2 Å². The van der Waals surface area contributed by atoms with Gasteiger partial charge in [-0.2, -0.15) is 0 Å². The number of carbonyl (C=O) groups is 1. The number of nitrogens with two attached hydrogens (primary N) is 1. The van der Waals surface area contributed by atoms with Crippen molar-refractivity contribution in [3.8, 4) is 0 Å². The van der Waals surface area contributed by atoms with Crippen molar-refractivity contribution < 1.29 is 4.79 Å². The van der Waals surface area contributed by atoms with Gasteiger partial charge in [0.25, 0.3) is 0 Å². The van der Waals surface area contributed by atoms with E-state index in [1.165, 1.54) is 10.8 Å². The number of primary amides is 1. The van der Waals surface area contributed by atoms with Gasteiger partial charge < -0.3 is 5.73 Å². The van der Waals surface area contributed by atoms with E-state index in [4.69, 9.17) is 5.73 Å². The Hall–Kier alpha value is -0.940. The molecule has 1 amide bonds. The maximum absolute atomic E-state index is 10.1. The Morgan fingerprint density at radius 2 is 2.33 bits per heavy atom. The summed E-state index contributed by atoms with van der Waals surface area (Å²) in [5.41, 5.74) is 5.29. The molecule has 1 aromatic rings. The average Bonchev–Trinajstić information content (AvgIpc) is 2.29. The summed E-state index contributed by atoms with van der Waals surface area (Å²) >= 11 is 3.96. The first-order chi connectivity index (χ1) is 7.11.